The number of hydrogen-bond donors (Lipinski definition) is 9. The summed E-state index contributed by atoms with van der Waals surface area (Å²) in [5, 5.41) is 66.7. The highest BCUT2D eigenvalue weighted by atomic mass is 16.7. The number of nitrogens with one attached hydrogen (secondary N) is 4. The molecular weight excluding hydrogens is 995 g/mol. The van der Waals surface area contributed by atoms with Crippen molar-refractivity contribution in [3.8, 4) is 17.2 Å². The number of carbonyl (C=O) groups excluding carboxylic acids is 9. The number of aliphatic hydroxyl groups is 3. The molecule has 9 N–H and O–H groups in total. The fourth-order valence-electron chi connectivity index (χ4n) is 9.67. The van der Waals surface area contributed by atoms with Gasteiger partial charge in [-0.15, -0.1) is 0 Å². The molecule has 3 aromatic rings. The molecule has 23 heteroatoms. The number of carbonyl (C=O) groups is 9. The lowest BCUT2D eigenvalue weighted by Gasteiger charge is -2.42. The third-order valence-corrected chi connectivity index (χ3v) is 13.9. The topological polar surface area (TPSA) is 343 Å². The van der Waals surface area contributed by atoms with Crippen molar-refractivity contribution in [2.45, 2.75) is 128 Å². The highest BCUT2D eigenvalue weighted by Crippen LogP contribution is 2.52. The van der Waals surface area contributed by atoms with E-state index in [9.17, 15) is 68.7 Å². The third-order valence-electron chi connectivity index (χ3n) is 13.9. The molecule has 6 amide bonds. The SMILES string of the molecule is COc1cccc2c1C(=O)c1c(O)c3c(c(O)c1C2=O)C[C@@](O)(C(=O)CO)CC3OC1C[C@H](NC(=O)OCc2ccc(NC(=O)[C@H](C)NC(=O)[C@@H](NC(=O)CCCCCN3C(=O)C=CC3=O)C(C)C)cc2)[C@H](O)[C@H](C)O1. The van der Waals surface area contributed by atoms with Crippen LogP contribution in [0.4, 0.5) is 10.5 Å². The molecule has 1 saturated heterocycles. The van der Waals surface area contributed by atoms with Crippen molar-refractivity contribution < 1.29 is 87.6 Å². The van der Waals surface area contributed by atoms with Gasteiger partial charge in [0.1, 0.15) is 54.3 Å². The number of unbranched alkanes of at least 4 members (excludes halogenated alkanes) is 2. The van der Waals surface area contributed by atoms with Gasteiger partial charge in [0.25, 0.3) is 11.8 Å². The fraction of sp³-hybridized carbons (Fsp3) is 0.453. The first-order chi connectivity index (χ1) is 36.1. The lowest BCUT2D eigenvalue weighted by Crippen LogP contribution is -2.56. The Hall–Kier alpha value is -7.57. The van der Waals surface area contributed by atoms with Crippen LogP contribution in [0.3, 0.4) is 0 Å². The van der Waals surface area contributed by atoms with E-state index in [0.29, 0.717) is 30.5 Å². The van der Waals surface area contributed by atoms with Gasteiger partial charge in [-0.25, -0.2) is 4.79 Å². The van der Waals surface area contributed by atoms with E-state index in [-0.39, 0.29) is 77.6 Å². The number of amides is 6. The summed E-state index contributed by atoms with van der Waals surface area (Å²) in [6.07, 6.45) is -3.66. The molecule has 0 radical (unpaired) electrons. The second-order valence-corrected chi connectivity index (χ2v) is 19.5. The summed E-state index contributed by atoms with van der Waals surface area (Å²) in [5.74, 6) is -6.85. The van der Waals surface area contributed by atoms with Crippen molar-refractivity contribution in [3.05, 3.63) is 93.6 Å². The molecule has 0 spiro atoms. The summed E-state index contributed by atoms with van der Waals surface area (Å²) in [6, 6.07) is 7.44. The van der Waals surface area contributed by atoms with E-state index in [0.717, 1.165) is 4.90 Å². The zero-order chi connectivity index (χ0) is 55.3. The number of phenolic OH excluding ortho intramolecular Hbond substituents is 2. The molecule has 406 valence electrons. The summed E-state index contributed by atoms with van der Waals surface area (Å²) >= 11 is 0. The number of benzene rings is 3. The minimum absolute atomic E-state index is 0.0286. The number of Topliss-reactive ketones (excluding diaryl/α,β-unsaturated/α-hetero) is 1. The van der Waals surface area contributed by atoms with Crippen LogP contribution in [-0.2, 0) is 56.0 Å². The summed E-state index contributed by atoms with van der Waals surface area (Å²) < 4.78 is 22.9. The minimum Gasteiger partial charge on any atom is -0.507 e. The minimum atomic E-state index is -2.40. The highest BCUT2D eigenvalue weighted by molar-refractivity contribution is 6.31. The predicted octanol–water partition coefficient (Wildman–Crippen LogP) is 2.04. The van der Waals surface area contributed by atoms with Gasteiger partial charge in [0.2, 0.25) is 23.5 Å². The van der Waals surface area contributed by atoms with Gasteiger partial charge in [0, 0.05) is 66.8 Å². The van der Waals surface area contributed by atoms with Crippen molar-refractivity contribution >= 4 is 58.7 Å². The Morgan fingerprint density at radius 3 is 2.21 bits per heavy atom. The van der Waals surface area contributed by atoms with Crippen molar-refractivity contribution in [2.24, 2.45) is 5.92 Å². The summed E-state index contributed by atoms with van der Waals surface area (Å²) in [5.41, 5.74) is -3.51. The number of aromatic hydroxyl groups is 2. The zero-order valence-electron chi connectivity index (χ0n) is 42.4. The molecule has 0 saturated carbocycles. The average Bonchev–Trinajstić information content (AvgIpc) is 3.72. The second-order valence-electron chi connectivity index (χ2n) is 19.5. The van der Waals surface area contributed by atoms with Gasteiger partial charge < -0.3 is 65.7 Å². The van der Waals surface area contributed by atoms with Crippen LogP contribution in [0.5, 0.6) is 17.2 Å². The number of fused-ring (bicyclic) bond motifs is 3. The first kappa shape index (κ1) is 56.2. The number of aliphatic hydroxyl groups excluding tert-OH is 2. The van der Waals surface area contributed by atoms with Crippen LogP contribution < -0.4 is 26.0 Å². The summed E-state index contributed by atoms with van der Waals surface area (Å²) in [6.45, 7) is 5.32. The number of rotatable bonds is 20. The Balaban J connectivity index is 0.923. The van der Waals surface area contributed by atoms with Crippen LogP contribution in [0.2, 0.25) is 0 Å². The Labute approximate surface area is 435 Å². The maximum absolute atomic E-state index is 14.0. The number of ether oxygens (including phenoxy) is 4. The van der Waals surface area contributed by atoms with Gasteiger partial charge in [0.15, 0.2) is 17.9 Å². The standard InChI is InChI=1S/C53H61N5O18/c1-25(2)44(57-36(61)12-7-6-8-19-58-37(62)17-18-38(58)63)51(70)54-26(3)50(69)55-29-15-13-28(14-16-29)24-74-52(71)56-32-20-39(75-27(4)45(32)64)76-34-22-53(72,35(60)23-59)21-31-41(34)49(68)43-42(47(31)66)46(65)30-10-9-11-33(73-5)40(30)48(43)67/h9-11,13-18,25-27,32,34,39,44-45,59,64,66,68,72H,6-8,12,19-24H2,1-5H3,(H,54,70)(H,55,69)(H,56,71)(H,57,61)/t26-,27-,32-,34?,39?,44-,45+,53-/m0/s1. The average molecular weight is 1060 g/mol. The number of hydrogen-bond acceptors (Lipinski definition) is 18. The highest BCUT2D eigenvalue weighted by Gasteiger charge is 2.50. The molecule has 4 aliphatic rings. The quantitative estimate of drug-likeness (QED) is 0.0347. The summed E-state index contributed by atoms with van der Waals surface area (Å²) in [7, 11) is 1.29. The van der Waals surface area contributed by atoms with Crippen LogP contribution in [0.25, 0.3) is 0 Å². The van der Waals surface area contributed by atoms with Gasteiger partial charge in [-0.3, -0.25) is 43.3 Å². The molecule has 76 heavy (non-hydrogen) atoms. The van der Waals surface area contributed by atoms with E-state index in [1.807, 2.05) is 0 Å². The van der Waals surface area contributed by atoms with Crippen LogP contribution >= 0.6 is 0 Å². The Bertz CT molecular complexity index is 2830. The molecule has 0 aromatic heterocycles. The maximum Gasteiger partial charge on any atom is 0.407 e. The molecular formula is C53H61N5O18. The number of nitrogens with zero attached hydrogens (tertiary/aromatic N) is 1. The van der Waals surface area contributed by atoms with E-state index < -0.39 is 126 Å². The van der Waals surface area contributed by atoms with Crippen molar-refractivity contribution in [1.82, 2.24) is 20.9 Å². The van der Waals surface area contributed by atoms with E-state index in [1.165, 1.54) is 51.3 Å². The van der Waals surface area contributed by atoms with Gasteiger partial charge in [0.05, 0.1) is 42.0 Å². The smallest absolute Gasteiger partial charge is 0.407 e. The van der Waals surface area contributed by atoms with Gasteiger partial charge in [-0.1, -0.05) is 44.5 Å². The van der Waals surface area contributed by atoms with Crippen LogP contribution in [0.15, 0.2) is 54.6 Å². The van der Waals surface area contributed by atoms with Crippen LogP contribution in [0.1, 0.15) is 121 Å². The normalized spacial score (nSPS) is 22.5. The Kier molecular flexibility index (Phi) is 17.4. The molecule has 7 rings (SSSR count). The number of ketones is 3. The van der Waals surface area contributed by atoms with E-state index in [2.05, 4.69) is 21.3 Å². The lowest BCUT2D eigenvalue weighted by molar-refractivity contribution is -0.249. The fourth-order valence-corrected chi connectivity index (χ4v) is 9.67. The van der Waals surface area contributed by atoms with E-state index >= 15 is 0 Å². The summed E-state index contributed by atoms with van der Waals surface area (Å²) in [4.78, 5) is 118. The number of alkyl carbamates (subject to hydrolysis) is 1. The van der Waals surface area contributed by atoms with Crippen molar-refractivity contribution in [2.75, 3.05) is 25.6 Å². The molecule has 23 nitrogen and oxygen atoms in total. The molecule has 3 aromatic carbocycles. The first-order valence-corrected chi connectivity index (χ1v) is 24.8. The third kappa shape index (κ3) is 11.9. The zero-order valence-corrected chi connectivity index (χ0v) is 42.4. The van der Waals surface area contributed by atoms with Gasteiger partial charge in [-0.05, 0) is 56.4 Å². The maximum atomic E-state index is 14.0. The number of anilines is 1. The number of methoxy groups -OCH3 is 1. The molecule has 8 atom stereocenters. The molecule has 2 aliphatic carbocycles. The Morgan fingerprint density at radius 1 is 0.868 bits per heavy atom. The predicted molar refractivity (Wildman–Crippen MR) is 265 cm³/mol. The first-order valence-electron chi connectivity index (χ1n) is 24.8. The van der Waals surface area contributed by atoms with Crippen LogP contribution in [-0.4, -0.2) is 146 Å². The van der Waals surface area contributed by atoms with Crippen molar-refractivity contribution in [1.29, 1.82) is 0 Å². The Morgan fingerprint density at radius 2 is 1.55 bits per heavy atom. The number of phenols is 2. The molecule has 0 bridgehead atoms. The molecule has 2 heterocycles. The van der Waals surface area contributed by atoms with E-state index in [1.54, 1.807) is 38.1 Å². The monoisotopic (exact) mass is 1060 g/mol. The molecule has 2 unspecified atom stereocenters. The molecule has 2 aliphatic heterocycles. The lowest BCUT2D eigenvalue weighted by atomic mass is 9.72. The van der Waals surface area contributed by atoms with Gasteiger partial charge >= 0.3 is 6.09 Å². The second kappa shape index (κ2) is 23.5. The van der Waals surface area contributed by atoms with Crippen LogP contribution in [0, 0.1) is 5.92 Å². The largest absolute Gasteiger partial charge is 0.507 e. The van der Waals surface area contributed by atoms with Gasteiger partial charge in [-0.2, -0.15) is 0 Å². The van der Waals surface area contributed by atoms with E-state index in [4.69, 9.17) is 18.9 Å². The number of imide groups is 1. The van der Waals surface area contributed by atoms with Crippen molar-refractivity contribution in [3.63, 3.8) is 0 Å². The molecule has 1 fully saturated rings.